The van der Waals surface area contributed by atoms with Crippen LogP contribution in [0.15, 0.2) is 24.3 Å². The van der Waals surface area contributed by atoms with Gasteiger partial charge in [0, 0.05) is 19.1 Å². The van der Waals surface area contributed by atoms with E-state index in [9.17, 15) is 9.18 Å². The van der Waals surface area contributed by atoms with E-state index in [4.69, 9.17) is 0 Å². The van der Waals surface area contributed by atoms with Gasteiger partial charge in [0.15, 0.2) is 0 Å². The van der Waals surface area contributed by atoms with Gasteiger partial charge in [-0.3, -0.25) is 0 Å². The summed E-state index contributed by atoms with van der Waals surface area (Å²) in [6.45, 7) is 2.50. The monoisotopic (exact) mass is 249 g/mol. The fourth-order valence-electron chi connectivity index (χ4n) is 2.66. The van der Waals surface area contributed by atoms with Crippen LogP contribution in [0.25, 0.3) is 0 Å². The Hall–Kier alpha value is -1.62. The first-order valence-electron chi connectivity index (χ1n) is 6.27. The SMILES string of the molecule is O=C1NC(c2ccc(F)cc2)CN1C1CCNC1. The van der Waals surface area contributed by atoms with E-state index in [0.29, 0.717) is 6.54 Å². The van der Waals surface area contributed by atoms with Crippen LogP contribution < -0.4 is 10.6 Å². The average Bonchev–Trinajstić information content (AvgIpc) is 2.99. The van der Waals surface area contributed by atoms with Crippen LogP contribution in [0.2, 0.25) is 0 Å². The molecule has 96 valence electrons. The molecule has 2 atom stereocenters. The lowest BCUT2D eigenvalue weighted by molar-refractivity contribution is 0.201. The van der Waals surface area contributed by atoms with Crippen molar-refractivity contribution in [2.45, 2.75) is 18.5 Å². The molecule has 0 bridgehead atoms. The van der Waals surface area contributed by atoms with Crippen LogP contribution in [0.4, 0.5) is 9.18 Å². The van der Waals surface area contributed by atoms with Crippen molar-refractivity contribution in [1.29, 1.82) is 0 Å². The zero-order valence-corrected chi connectivity index (χ0v) is 10.0. The Morgan fingerprint density at radius 3 is 2.72 bits per heavy atom. The number of nitrogens with zero attached hydrogens (tertiary/aromatic N) is 1. The van der Waals surface area contributed by atoms with Crippen LogP contribution >= 0.6 is 0 Å². The number of rotatable bonds is 2. The smallest absolute Gasteiger partial charge is 0.318 e. The highest BCUT2D eigenvalue weighted by atomic mass is 19.1. The quantitative estimate of drug-likeness (QED) is 0.828. The first kappa shape index (κ1) is 11.5. The molecule has 2 fully saturated rings. The van der Waals surface area contributed by atoms with E-state index < -0.39 is 0 Å². The normalized spacial score (nSPS) is 27.6. The molecule has 0 aliphatic carbocycles. The minimum Gasteiger partial charge on any atom is -0.329 e. The molecule has 2 aliphatic heterocycles. The van der Waals surface area contributed by atoms with Gasteiger partial charge < -0.3 is 15.5 Å². The highest BCUT2D eigenvalue weighted by Gasteiger charge is 2.35. The number of benzene rings is 1. The van der Waals surface area contributed by atoms with Crippen LogP contribution in [0.3, 0.4) is 0 Å². The molecule has 5 heteroatoms. The molecule has 2 heterocycles. The van der Waals surface area contributed by atoms with Crippen molar-refractivity contribution in [3.05, 3.63) is 35.6 Å². The summed E-state index contributed by atoms with van der Waals surface area (Å²) in [6.07, 6.45) is 1.00. The number of amides is 2. The van der Waals surface area contributed by atoms with Gasteiger partial charge in [0.1, 0.15) is 5.82 Å². The van der Waals surface area contributed by atoms with E-state index in [0.717, 1.165) is 25.1 Å². The Labute approximate surface area is 105 Å². The molecule has 3 rings (SSSR count). The summed E-state index contributed by atoms with van der Waals surface area (Å²) in [5.74, 6) is -0.250. The Balaban J connectivity index is 1.73. The highest BCUT2D eigenvalue weighted by molar-refractivity contribution is 5.77. The lowest BCUT2D eigenvalue weighted by atomic mass is 10.1. The summed E-state index contributed by atoms with van der Waals surface area (Å²) >= 11 is 0. The summed E-state index contributed by atoms with van der Waals surface area (Å²) < 4.78 is 12.9. The summed E-state index contributed by atoms with van der Waals surface area (Å²) in [6, 6.07) is 6.57. The van der Waals surface area contributed by atoms with Crippen molar-refractivity contribution in [3.63, 3.8) is 0 Å². The lowest BCUT2D eigenvalue weighted by Crippen LogP contribution is -2.39. The van der Waals surface area contributed by atoms with Crippen LogP contribution in [0.5, 0.6) is 0 Å². The number of halogens is 1. The van der Waals surface area contributed by atoms with Gasteiger partial charge in [-0.2, -0.15) is 0 Å². The average molecular weight is 249 g/mol. The zero-order chi connectivity index (χ0) is 12.5. The van der Waals surface area contributed by atoms with Gasteiger partial charge in [-0.1, -0.05) is 12.1 Å². The Morgan fingerprint density at radius 1 is 1.28 bits per heavy atom. The topological polar surface area (TPSA) is 44.4 Å². The van der Waals surface area contributed by atoms with Crippen LogP contribution in [0, 0.1) is 5.82 Å². The molecule has 1 aromatic carbocycles. The largest absolute Gasteiger partial charge is 0.329 e. The molecule has 2 aliphatic rings. The van der Waals surface area contributed by atoms with E-state index in [1.54, 1.807) is 12.1 Å². The van der Waals surface area contributed by atoms with Crippen molar-refractivity contribution >= 4 is 6.03 Å². The maximum absolute atomic E-state index is 12.9. The molecule has 0 saturated carbocycles. The fraction of sp³-hybridized carbons (Fsp3) is 0.462. The molecule has 4 nitrogen and oxygen atoms in total. The maximum atomic E-state index is 12.9. The Bertz CT molecular complexity index is 442. The van der Waals surface area contributed by atoms with Gasteiger partial charge in [0.2, 0.25) is 0 Å². The van der Waals surface area contributed by atoms with Crippen molar-refractivity contribution in [2.24, 2.45) is 0 Å². The molecule has 0 aromatic heterocycles. The number of carbonyl (C=O) groups is 1. The minimum absolute atomic E-state index is 0.0157. The van der Waals surface area contributed by atoms with Gasteiger partial charge in [0.25, 0.3) is 0 Å². The first-order valence-corrected chi connectivity index (χ1v) is 6.27. The van der Waals surface area contributed by atoms with E-state index in [2.05, 4.69) is 10.6 Å². The number of urea groups is 1. The van der Waals surface area contributed by atoms with Crippen LogP contribution in [0.1, 0.15) is 18.0 Å². The number of hydrogen-bond acceptors (Lipinski definition) is 2. The molecular formula is C13H16FN3O. The van der Waals surface area contributed by atoms with Gasteiger partial charge in [-0.25, -0.2) is 9.18 Å². The number of hydrogen-bond donors (Lipinski definition) is 2. The predicted octanol–water partition coefficient (Wildman–Crippen LogP) is 1.25. The molecule has 2 N–H and O–H groups in total. The third-order valence-corrected chi connectivity index (χ3v) is 3.69. The minimum atomic E-state index is -0.250. The lowest BCUT2D eigenvalue weighted by Gasteiger charge is -2.21. The molecule has 0 spiro atoms. The molecular weight excluding hydrogens is 233 g/mol. The maximum Gasteiger partial charge on any atom is 0.318 e. The standard InChI is InChI=1S/C13H16FN3O/c14-10-3-1-9(2-4-10)12-8-17(13(18)16-12)11-5-6-15-7-11/h1-4,11-12,15H,5-8H2,(H,16,18). The highest BCUT2D eigenvalue weighted by Crippen LogP contribution is 2.23. The van der Waals surface area contributed by atoms with Crippen molar-refractivity contribution in [1.82, 2.24) is 15.5 Å². The second kappa shape index (κ2) is 4.57. The van der Waals surface area contributed by atoms with Crippen molar-refractivity contribution < 1.29 is 9.18 Å². The molecule has 18 heavy (non-hydrogen) atoms. The Kier molecular flexibility index (Phi) is 2.91. The molecule has 1 aromatic rings. The summed E-state index contributed by atoms with van der Waals surface area (Å²) in [7, 11) is 0. The Morgan fingerprint density at radius 2 is 2.06 bits per heavy atom. The second-order valence-corrected chi connectivity index (χ2v) is 4.85. The molecule has 0 radical (unpaired) electrons. The van der Waals surface area contributed by atoms with E-state index in [1.165, 1.54) is 12.1 Å². The summed E-state index contributed by atoms with van der Waals surface area (Å²) in [5.41, 5.74) is 0.957. The number of carbonyl (C=O) groups excluding carboxylic acids is 1. The van der Waals surface area contributed by atoms with Gasteiger partial charge in [0.05, 0.1) is 6.04 Å². The van der Waals surface area contributed by atoms with E-state index in [-0.39, 0.29) is 23.9 Å². The van der Waals surface area contributed by atoms with Gasteiger partial charge in [-0.15, -0.1) is 0 Å². The van der Waals surface area contributed by atoms with Crippen LogP contribution in [-0.4, -0.2) is 36.6 Å². The molecule has 2 unspecified atom stereocenters. The van der Waals surface area contributed by atoms with E-state index >= 15 is 0 Å². The second-order valence-electron chi connectivity index (χ2n) is 4.85. The third-order valence-electron chi connectivity index (χ3n) is 3.69. The van der Waals surface area contributed by atoms with Crippen molar-refractivity contribution in [2.75, 3.05) is 19.6 Å². The molecule has 2 saturated heterocycles. The summed E-state index contributed by atoms with van der Waals surface area (Å²) in [4.78, 5) is 13.8. The fourth-order valence-corrected chi connectivity index (χ4v) is 2.66. The van der Waals surface area contributed by atoms with Gasteiger partial charge >= 0.3 is 6.03 Å². The zero-order valence-electron chi connectivity index (χ0n) is 10.0. The first-order chi connectivity index (χ1) is 8.74. The third kappa shape index (κ3) is 2.06. The van der Waals surface area contributed by atoms with E-state index in [1.807, 2.05) is 4.90 Å². The van der Waals surface area contributed by atoms with Gasteiger partial charge in [-0.05, 0) is 30.7 Å². The summed E-state index contributed by atoms with van der Waals surface area (Å²) in [5, 5.41) is 6.21. The number of nitrogens with one attached hydrogen (secondary N) is 2. The van der Waals surface area contributed by atoms with Crippen molar-refractivity contribution in [3.8, 4) is 0 Å². The van der Waals surface area contributed by atoms with Crippen LogP contribution in [-0.2, 0) is 0 Å². The molecule has 2 amide bonds. The predicted molar refractivity (Wildman–Crippen MR) is 65.7 cm³/mol.